The molecule has 1 atom stereocenters. The van der Waals surface area contributed by atoms with Gasteiger partial charge in [-0.15, -0.1) is 0 Å². The lowest BCUT2D eigenvalue weighted by atomic mass is 10.3. The molecule has 2 heterocycles. The van der Waals surface area contributed by atoms with Crippen LogP contribution in [-0.4, -0.2) is 38.7 Å². The highest BCUT2D eigenvalue weighted by Crippen LogP contribution is 2.13. The average Bonchev–Trinajstić information content (AvgIpc) is 2.80. The van der Waals surface area contributed by atoms with E-state index in [0.29, 0.717) is 17.9 Å². The zero-order chi connectivity index (χ0) is 13.7. The van der Waals surface area contributed by atoms with Crippen LogP contribution in [-0.2, 0) is 15.3 Å². The molecule has 2 N–H and O–H groups in total. The number of hydrogen-bond acceptors (Lipinski definition) is 4. The van der Waals surface area contributed by atoms with Crippen LogP contribution in [0.15, 0.2) is 30.6 Å². The molecular weight excluding hydrogens is 266 g/mol. The molecule has 0 saturated heterocycles. The van der Waals surface area contributed by atoms with Gasteiger partial charge in [-0.3, -0.25) is 4.79 Å². The summed E-state index contributed by atoms with van der Waals surface area (Å²) in [4.78, 5) is 25.5. The third kappa shape index (κ3) is 3.47. The van der Waals surface area contributed by atoms with Gasteiger partial charge in [0.05, 0.1) is 5.69 Å². The van der Waals surface area contributed by atoms with Gasteiger partial charge in [0.2, 0.25) is 6.41 Å². The number of carboxylic acids is 1. The number of carbonyl (C=O) groups is 2. The molecule has 0 aliphatic heterocycles. The summed E-state index contributed by atoms with van der Waals surface area (Å²) in [6.45, 7) is 0. The molecule has 0 aromatic carbocycles. The zero-order valence-corrected chi connectivity index (χ0v) is 10.8. The smallest absolute Gasteiger partial charge is 0.327 e. The van der Waals surface area contributed by atoms with Crippen molar-refractivity contribution in [3.8, 4) is 0 Å². The summed E-state index contributed by atoms with van der Waals surface area (Å²) >= 11 is 1.42. The van der Waals surface area contributed by atoms with E-state index in [-0.39, 0.29) is 0 Å². The number of fused-ring (bicyclic) bond motifs is 1. The van der Waals surface area contributed by atoms with E-state index in [4.69, 9.17) is 5.11 Å². The lowest BCUT2D eigenvalue weighted by Gasteiger charge is -2.09. The largest absolute Gasteiger partial charge is 0.480 e. The van der Waals surface area contributed by atoms with Crippen molar-refractivity contribution >= 4 is 29.8 Å². The Morgan fingerprint density at radius 2 is 2.42 bits per heavy atom. The van der Waals surface area contributed by atoms with Gasteiger partial charge in [0.15, 0.2) is 0 Å². The number of amides is 1. The number of rotatable bonds is 7. The SMILES string of the molecule is O=CNC(CSCc1cn2ccccc2n1)C(=O)O. The highest BCUT2D eigenvalue weighted by atomic mass is 32.2. The van der Waals surface area contributed by atoms with E-state index in [1.807, 2.05) is 35.0 Å². The molecule has 0 radical (unpaired) electrons. The second-order valence-corrected chi connectivity index (χ2v) is 4.92. The van der Waals surface area contributed by atoms with Crippen LogP contribution >= 0.6 is 11.8 Å². The maximum atomic E-state index is 10.8. The van der Waals surface area contributed by atoms with Crippen LogP contribution in [0.2, 0.25) is 0 Å². The average molecular weight is 279 g/mol. The summed E-state index contributed by atoms with van der Waals surface area (Å²) in [6, 6.07) is 4.87. The molecule has 2 aromatic rings. The number of nitrogens with one attached hydrogen (secondary N) is 1. The fourth-order valence-corrected chi connectivity index (χ4v) is 2.55. The monoisotopic (exact) mass is 279 g/mol. The standard InChI is InChI=1S/C12H13N3O3S/c16-8-13-10(12(17)18)7-19-6-9-5-15-4-2-1-3-11(15)14-9/h1-5,8,10H,6-7H2,(H,13,16)(H,17,18). The Hall–Kier alpha value is -2.02. The predicted octanol–water partition coefficient (Wildman–Crippen LogP) is 0.767. The molecule has 2 aromatic heterocycles. The lowest BCUT2D eigenvalue weighted by molar-refractivity contribution is -0.139. The molecule has 0 bridgehead atoms. The fraction of sp³-hybridized carbons (Fsp3) is 0.250. The molecule has 100 valence electrons. The summed E-state index contributed by atoms with van der Waals surface area (Å²) in [7, 11) is 0. The van der Waals surface area contributed by atoms with Gasteiger partial charge in [-0.2, -0.15) is 11.8 Å². The van der Waals surface area contributed by atoms with E-state index in [1.54, 1.807) is 0 Å². The van der Waals surface area contributed by atoms with Crippen molar-refractivity contribution < 1.29 is 14.7 Å². The normalized spacial score (nSPS) is 12.2. The Labute approximate surface area is 113 Å². The Balaban J connectivity index is 1.91. The van der Waals surface area contributed by atoms with E-state index >= 15 is 0 Å². The van der Waals surface area contributed by atoms with Crippen molar-refractivity contribution in [2.24, 2.45) is 0 Å². The summed E-state index contributed by atoms with van der Waals surface area (Å²) in [5.41, 5.74) is 1.74. The first-order valence-electron chi connectivity index (χ1n) is 5.63. The van der Waals surface area contributed by atoms with Gasteiger partial charge in [-0.1, -0.05) is 6.07 Å². The number of aliphatic carboxylic acids is 1. The van der Waals surface area contributed by atoms with Crippen LogP contribution in [0.4, 0.5) is 0 Å². The third-order valence-electron chi connectivity index (χ3n) is 2.52. The maximum absolute atomic E-state index is 10.8. The van der Waals surface area contributed by atoms with Gasteiger partial charge in [0.1, 0.15) is 11.7 Å². The quantitative estimate of drug-likeness (QED) is 0.731. The minimum Gasteiger partial charge on any atom is -0.480 e. The van der Waals surface area contributed by atoms with Crippen molar-refractivity contribution in [3.63, 3.8) is 0 Å². The second kappa shape index (κ2) is 6.24. The van der Waals surface area contributed by atoms with Crippen LogP contribution in [0.5, 0.6) is 0 Å². The number of imidazole rings is 1. The Morgan fingerprint density at radius 3 is 3.11 bits per heavy atom. The number of aromatic nitrogens is 2. The van der Waals surface area contributed by atoms with Crippen LogP contribution in [0.1, 0.15) is 5.69 Å². The Bertz CT molecular complexity index is 551. The molecule has 1 unspecified atom stereocenters. The van der Waals surface area contributed by atoms with Crippen molar-refractivity contribution in [1.82, 2.24) is 14.7 Å². The zero-order valence-electron chi connectivity index (χ0n) is 10.0. The van der Waals surface area contributed by atoms with E-state index < -0.39 is 12.0 Å². The lowest BCUT2D eigenvalue weighted by Crippen LogP contribution is -2.37. The minimum absolute atomic E-state index is 0.307. The van der Waals surface area contributed by atoms with E-state index in [2.05, 4.69) is 10.3 Å². The number of nitrogens with zero attached hydrogens (tertiary/aromatic N) is 2. The molecule has 0 saturated carbocycles. The topological polar surface area (TPSA) is 83.7 Å². The molecule has 6 nitrogen and oxygen atoms in total. The Morgan fingerprint density at radius 1 is 1.58 bits per heavy atom. The van der Waals surface area contributed by atoms with Crippen molar-refractivity contribution in [2.45, 2.75) is 11.8 Å². The van der Waals surface area contributed by atoms with Gasteiger partial charge < -0.3 is 14.8 Å². The molecule has 0 aliphatic rings. The molecule has 2 rings (SSSR count). The van der Waals surface area contributed by atoms with Crippen molar-refractivity contribution in [2.75, 3.05) is 5.75 Å². The fourth-order valence-electron chi connectivity index (χ4n) is 1.61. The molecular formula is C12H13N3O3S. The maximum Gasteiger partial charge on any atom is 0.327 e. The molecule has 0 aliphatic carbocycles. The first kappa shape index (κ1) is 13.4. The van der Waals surface area contributed by atoms with E-state index in [0.717, 1.165) is 11.3 Å². The number of carboxylic acid groups (broad SMARTS) is 1. The molecule has 19 heavy (non-hydrogen) atoms. The van der Waals surface area contributed by atoms with Gasteiger partial charge >= 0.3 is 5.97 Å². The third-order valence-corrected chi connectivity index (χ3v) is 3.58. The predicted molar refractivity (Wildman–Crippen MR) is 72.0 cm³/mol. The van der Waals surface area contributed by atoms with Gasteiger partial charge in [-0.25, -0.2) is 9.78 Å². The van der Waals surface area contributed by atoms with Crippen molar-refractivity contribution in [1.29, 1.82) is 0 Å². The van der Waals surface area contributed by atoms with Gasteiger partial charge in [-0.05, 0) is 12.1 Å². The number of hydrogen-bond donors (Lipinski definition) is 2. The minimum atomic E-state index is -1.03. The summed E-state index contributed by atoms with van der Waals surface area (Å²) in [5.74, 6) is -0.122. The van der Waals surface area contributed by atoms with Crippen LogP contribution in [0.3, 0.4) is 0 Å². The second-order valence-electron chi connectivity index (χ2n) is 3.89. The van der Waals surface area contributed by atoms with Crippen LogP contribution in [0.25, 0.3) is 5.65 Å². The number of thioether (sulfide) groups is 1. The summed E-state index contributed by atoms with van der Waals surface area (Å²) in [5, 5.41) is 11.1. The van der Waals surface area contributed by atoms with Gasteiger partial charge in [0, 0.05) is 23.9 Å². The first-order valence-corrected chi connectivity index (χ1v) is 6.79. The van der Waals surface area contributed by atoms with Crippen molar-refractivity contribution in [3.05, 3.63) is 36.3 Å². The number of pyridine rings is 1. The van der Waals surface area contributed by atoms with Gasteiger partial charge in [0.25, 0.3) is 0 Å². The highest BCUT2D eigenvalue weighted by Gasteiger charge is 2.16. The van der Waals surface area contributed by atoms with Crippen LogP contribution < -0.4 is 5.32 Å². The molecule has 0 fully saturated rings. The highest BCUT2D eigenvalue weighted by molar-refractivity contribution is 7.98. The first-order chi connectivity index (χ1) is 9.20. The summed E-state index contributed by atoms with van der Waals surface area (Å²) in [6.07, 6.45) is 4.22. The molecule has 0 spiro atoms. The molecule has 7 heteroatoms. The molecule has 1 amide bonds. The Kier molecular flexibility index (Phi) is 4.40. The van der Waals surface area contributed by atoms with E-state index in [9.17, 15) is 9.59 Å². The van der Waals surface area contributed by atoms with Crippen LogP contribution in [0, 0.1) is 0 Å². The number of carbonyl (C=O) groups excluding carboxylic acids is 1. The van der Waals surface area contributed by atoms with E-state index in [1.165, 1.54) is 11.8 Å². The summed E-state index contributed by atoms with van der Waals surface area (Å²) < 4.78 is 1.91.